The van der Waals surface area contributed by atoms with Gasteiger partial charge in [-0.05, 0) is 43.7 Å². The summed E-state index contributed by atoms with van der Waals surface area (Å²) in [7, 11) is 0. The van der Waals surface area contributed by atoms with Crippen molar-refractivity contribution in [3.05, 3.63) is 94.3 Å². The summed E-state index contributed by atoms with van der Waals surface area (Å²) in [4.78, 5) is 26.1. The molecular formula is C25H21N5O2. The Hall–Kier alpha value is -4.26. The van der Waals surface area contributed by atoms with E-state index in [1.165, 1.54) is 4.57 Å². The highest BCUT2D eigenvalue weighted by Crippen LogP contribution is 2.23. The van der Waals surface area contributed by atoms with E-state index in [0.717, 1.165) is 22.2 Å². The Balaban J connectivity index is 1.63. The number of hydrogen-bond donors (Lipinski definition) is 1. The summed E-state index contributed by atoms with van der Waals surface area (Å²) < 4.78 is 3.21. The lowest BCUT2D eigenvalue weighted by molar-refractivity contribution is -0.116. The molecule has 0 aliphatic carbocycles. The second kappa shape index (κ2) is 7.77. The van der Waals surface area contributed by atoms with Gasteiger partial charge in [0, 0.05) is 11.3 Å². The third kappa shape index (κ3) is 3.43. The summed E-state index contributed by atoms with van der Waals surface area (Å²) >= 11 is 0. The topological polar surface area (TPSA) is 81.3 Å². The van der Waals surface area contributed by atoms with Crippen molar-refractivity contribution >= 4 is 28.3 Å². The molecule has 0 saturated carbocycles. The van der Waals surface area contributed by atoms with Crippen molar-refractivity contribution in [2.75, 3.05) is 5.32 Å². The first-order chi connectivity index (χ1) is 15.5. The van der Waals surface area contributed by atoms with E-state index in [2.05, 4.69) is 15.5 Å². The van der Waals surface area contributed by atoms with Gasteiger partial charge < -0.3 is 5.32 Å². The number of rotatable bonds is 4. The van der Waals surface area contributed by atoms with E-state index in [0.29, 0.717) is 17.0 Å². The Morgan fingerprint density at radius 2 is 1.62 bits per heavy atom. The van der Waals surface area contributed by atoms with Crippen LogP contribution in [0.2, 0.25) is 0 Å². The fourth-order valence-corrected chi connectivity index (χ4v) is 3.88. The van der Waals surface area contributed by atoms with Gasteiger partial charge in [-0.2, -0.15) is 0 Å². The van der Waals surface area contributed by atoms with Gasteiger partial charge in [0.2, 0.25) is 11.6 Å². The number of amides is 1. The maximum Gasteiger partial charge on any atom is 0.297 e. The quantitative estimate of drug-likeness (QED) is 0.474. The highest BCUT2D eigenvalue weighted by molar-refractivity contribution is 5.92. The predicted octanol–water partition coefficient (Wildman–Crippen LogP) is 3.97. The standard InChI is InChI=1S/C25H21N5O2/c1-16-10-12-18(13-11-16)23-27-28-24-25(32)29(20-8-3-4-9-21(20)30(23)24)15-22(31)26-19-7-5-6-17(2)14-19/h3-14H,15H2,1-2H3,(H,26,31). The van der Waals surface area contributed by atoms with Gasteiger partial charge >= 0.3 is 0 Å². The van der Waals surface area contributed by atoms with Crippen LogP contribution >= 0.6 is 0 Å². The fourth-order valence-electron chi connectivity index (χ4n) is 3.88. The van der Waals surface area contributed by atoms with Gasteiger partial charge in [-0.15, -0.1) is 10.2 Å². The highest BCUT2D eigenvalue weighted by atomic mass is 16.2. The summed E-state index contributed by atoms with van der Waals surface area (Å²) in [5, 5.41) is 11.3. The number of nitrogens with one attached hydrogen (secondary N) is 1. The van der Waals surface area contributed by atoms with Crippen molar-refractivity contribution in [2.24, 2.45) is 0 Å². The van der Waals surface area contributed by atoms with E-state index in [1.54, 1.807) is 4.40 Å². The number of carbonyl (C=O) groups excluding carboxylic acids is 1. The molecule has 0 bridgehead atoms. The van der Waals surface area contributed by atoms with Gasteiger partial charge in [-0.3, -0.25) is 18.6 Å². The van der Waals surface area contributed by atoms with Crippen LogP contribution in [0.25, 0.3) is 28.1 Å². The van der Waals surface area contributed by atoms with Gasteiger partial charge in [-0.1, -0.05) is 54.1 Å². The van der Waals surface area contributed by atoms with Crippen LogP contribution < -0.4 is 10.9 Å². The van der Waals surface area contributed by atoms with Crippen molar-refractivity contribution in [2.45, 2.75) is 20.4 Å². The molecule has 32 heavy (non-hydrogen) atoms. The fraction of sp³-hybridized carbons (Fsp3) is 0.120. The van der Waals surface area contributed by atoms with E-state index < -0.39 is 0 Å². The average molecular weight is 423 g/mol. The molecule has 0 aliphatic rings. The Morgan fingerprint density at radius 3 is 2.38 bits per heavy atom. The summed E-state index contributed by atoms with van der Waals surface area (Å²) in [6, 6.07) is 22.9. The molecule has 7 nitrogen and oxygen atoms in total. The zero-order valence-electron chi connectivity index (χ0n) is 17.7. The number of aromatic nitrogens is 4. The largest absolute Gasteiger partial charge is 0.325 e. The molecule has 5 rings (SSSR count). The lowest BCUT2D eigenvalue weighted by atomic mass is 10.1. The van der Waals surface area contributed by atoms with Gasteiger partial charge in [0.05, 0.1) is 11.0 Å². The van der Waals surface area contributed by atoms with Crippen LogP contribution in [0.1, 0.15) is 11.1 Å². The minimum Gasteiger partial charge on any atom is -0.325 e. The van der Waals surface area contributed by atoms with Crippen LogP contribution in [-0.4, -0.2) is 25.1 Å². The Labute approximate surface area is 184 Å². The average Bonchev–Trinajstić information content (AvgIpc) is 3.23. The highest BCUT2D eigenvalue weighted by Gasteiger charge is 2.18. The molecule has 0 atom stereocenters. The Kier molecular flexibility index (Phi) is 4.78. The summed E-state index contributed by atoms with van der Waals surface area (Å²) in [5.41, 5.74) is 4.94. The van der Waals surface area contributed by atoms with Crippen LogP contribution in [0.15, 0.2) is 77.6 Å². The molecule has 0 aliphatic heterocycles. The summed E-state index contributed by atoms with van der Waals surface area (Å²) in [5.74, 6) is 0.301. The van der Waals surface area contributed by atoms with Crippen LogP contribution in [0, 0.1) is 13.8 Å². The molecule has 2 aromatic heterocycles. The minimum atomic E-state index is -0.367. The second-order valence-corrected chi connectivity index (χ2v) is 7.85. The number of para-hydroxylation sites is 2. The van der Waals surface area contributed by atoms with Gasteiger partial charge in [-0.25, -0.2) is 0 Å². The first-order valence-corrected chi connectivity index (χ1v) is 10.3. The van der Waals surface area contributed by atoms with Crippen molar-refractivity contribution in [1.29, 1.82) is 0 Å². The van der Waals surface area contributed by atoms with Crippen LogP contribution in [0.3, 0.4) is 0 Å². The maximum atomic E-state index is 13.3. The molecule has 3 aromatic carbocycles. The molecular weight excluding hydrogens is 402 g/mol. The normalized spacial score (nSPS) is 11.2. The second-order valence-electron chi connectivity index (χ2n) is 7.85. The van der Waals surface area contributed by atoms with Crippen LogP contribution in [-0.2, 0) is 11.3 Å². The van der Waals surface area contributed by atoms with Crippen LogP contribution in [0.5, 0.6) is 0 Å². The van der Waals surface area contributed by atoms with E-state index in [1.807, 2.05) is 86.6 Å². The van der Waals surface area contributed by atoms with Gasteiger partial charge in [0.15, 0.2) is 5.82 Å². The van der Waals surface area contributed by atoms with Crippen molar-refractivity contribution in [1.82, 2.24) is 19.2 Å². The Morgan fingerprint density at radius 1 is 0.875 bits per heavy atom. The molecule has 158 valence electrons. The van der Waals surface area contributed by atoms with E-state index in [-0.39, 0.29) is 23.7 Å². The first kappa shape index (κ1) is 19.7. The molecule has 2 heterocycles. The molecule has 0 fully saturated rings. The first-order valence-electron chi connectivity index (χ1n) is 10.3. The number of aryl methyl sites for hydroxylation is 2. The molecule has 0 radical (unpaired) electrons. The lowest BCUT2D eigenvalue weighted by Crippen LogP contribution is -2.29. The minimum absolute atomic E-state index is 0.128. The number of anilines is 1. The van der Waals surface area contributed by atoms with E-state index in [4.69, 9.17) is 0 Å². The van der Waals surface area contributed by atoms with Gasteiger partial charge in [0.1, 0.15) is 6.54 Å². The molecule has 0 unspecified atom stereocenters. The van der Waals surface area contributed by atoms with Crippen LogP contribution in [0.4, 0.5) is 5.69 Å². The molecule has 7 heteroatoms. The van der Waals surface area contributed by atoms with E-state index >= 15 is 0 Å². The number of nitrogens with zero attached hydrogens (tertiary/aromatic N) is 4. The maximum absolute atomic E-state index is 13.3. The number of benzene rings is 3. The number of carbonyl (C=O) groups is 1. The molecule has 0 saturated heterocycles. The number of hydrogen-bond acceptors (Lipinski definition) is 4. The number of fused-ring (bicyclic) bond motifs is 3. The van der Waals surface area contributed by atoms with Crippen molar-refractivity contribution < 1.29 is 4.79 Å². The zero-order valence-corrected chi connectivity index (χ0v) is 17.7. The van der Waals surface area contributed by atoms with Gasteiger partial charge in [0.25, 0.3) is 5.56 Å². The predicted molar refractivity (Wildman–Crippen MR) is 125 cm³/mol. The van der Waals surface area contributed by atoms with E-state index in [9.17, 15) is 9.59 Å². The third-order valence-corrected chi connectivity index (χ3v) is 5.43. The molecule has 0 spiro atoms. The molecule has 1 N–H and O–H groups in total. The third-order valence-electron chi connectivity index (χ3n) is 5.43. The smallest absolute Gasteiger partial charge is 0.297 e. The Bertz CT molecular complexity index is 1530. The molecule has 5 aromatic rings. The van der Waals surface area contributed by atoms with Crippen molar-refractivity contribution in [3.8, 4) is 11.4 Å². The summed E-state index contributed by atoms with van der Waals surface area (Å²) in [6.07, 6.45) is 0. The lowest BCUT2D eigenvalue weighted by Gasteiger charge is -2.13. The molecule has 1 amide bonds. The zero-order chi connectivity index (χ0) is 22.2. The van der Waals surface area contributed by atoms with Crippen molar-refractivity contribution in [3.63, 3.8) is 0 Å². The summed E-state index contributed by atoms with van der Waals surface area (Å²) in [6.45, 7) is 3.84. The monoisotopic (exact) mass is 423 g/mol. The SMILES string of the molecule is Cc1ccc(-c2nnc3c(=O)n(CC(=O)Nc4cccc(C)c4)c4ccccc4n23)cc1.